The summed E-state index contributed by atoms with van der Waals surface area (Å²) in [5, 5.41) is 5.53. The number of rotatable bonds is 4. The maximum Gasteiger partial charge on any atom is 0.0893 e. The van der Waals surface area contributed by atoms with Gasteiger partial charge >= 0.3 is 0 Å². The average Bonchev–Trinajstić information content (AvgIpc) is 2.87. The third-order valence-electron chi connectivity index (χ3n) is 7.58. The first-order chi connectivity index (χ1) is 18.7. The zero-order valence-corrected chi connectivity index (χ0v) is 23.8. The Labute approximate surface area is 235 Å². The molecule has 3 aliphatic rings. The Balaban J connectivity index is 1.63. The van der Waals surface area contributed by atoms with E-state index in [-0.39, 0.29) is 17.1 Å². The summed E-state index contributed by atoms with van der Waals surface area (Å²) >= 11 is 6.42. The van der Waals surface area contributed by atoms with Gasteiger partial charge in [0.25, 0.3) is 0 Å². The molecule has 6 rings (SSSR count). The van der Waals surface area contributed by atoms with Crippen LogP contribution in [0.1, 0.15) is 51.7 Å². The molecule has 3 aromatic carbocycles. The van der Waals surface area contributed by atoms with Gasteiger partial charge < -0.3 is 9.88 Å². The molecule has 3 aromatic rings. The van der Waals surface area contributed by atoms with Crippen molar-refractivity contribution >= 4 is 22.6 Å². The summed E-state index contributed by atoms with van der Waals surface area (Å²) < 4.78 is 2.29. The Morgan fingerprint density at radius 1 is 0.872 bits per heavy atom. The van der Waals surface area contributed by atoms with E-state index in [0.717, 1.165) is 52.7 Å². The standard InChI is InChI=1S/C34H35ClN4/c1-33(2)21-26(22-34(3,4)38-33)36-28-20-32-29(18-24(28)17-23-11-7-5-8-12-23)37-30-19-25(35)15-16-31(30)39(32)27-13-9-6-10-14-27/h5-16,18-20,26,38H,17,21-22H2,1-4H3. The summed E-state index contributed by atoms with van der Waals surface area (Å²) in [4.78, 5) is 10.6. The lowest BCUT2D eigenvalue weighted by Gasteiger charge is -2.45. The summed E-state index contributed by atoms with van der Waals surface area (Å²) in [6.07, 6.45) is 2.78. The summed E-state index contributed by atoms with van der Waals surface area (Å²) in [7, 11) is 0. The maximum absolute atomic E-state index is 6.42. The van der Waals surface area contributed by atoms with Crippen LogP contribution >= 0.6 is 11.6 Å². The monoisotopic (exact) mass is 534 g/mol. The van der Waals surface area contributed by atoms with Crippen molar-refractivity contribution in [2.45, 2.75) is 64.1 Å². The van der Waals surface area contributed by atoms with Gasteiger partial charge in [-0.15, -0.1) is 0 Å². The summed E-state index contributed by atoms with van der Waals surface area (Å²) in [6, 6.07) is 31.8. The summed E-state index contributed by atoms with van der Waals surface area (Å²) in [5.74, 6) is 0. The molecule has 0 amide bonds. The van der Waals surface area contributed by atoms with Crippen molar-refractivity contribution in [3.63, 3.8) is 0 Å². The highest BCUT2D eigenvalue weighted by atomic mass is 35.5. The van der Waals surface area contributed by atoms with Crippen molar-refractivity contribution in [1.82, 2.24) is 14.9 Å². The van der Waals surface area contributed by atoms with Gasteiger partial charge in [0.1, 0.15) is 0 Å². The van der Waals surface area contributed by atoms with Crippen LogP contribution in [-0.4, -0.2) is 26.7 Å². The maximum atomic E-state index is 6.42. The first kappa shape index (κ1) is 25.8. The highest BCUT2D eigenvalue weighted by Gasteiger charge is 2.37. The Morgan fingerprint density at radius 3 is 2.23 bits per heavy atom. The lowest BCUT2D eigenvalue weighted by atomic mass is 9.80. The predicted molar refractivity (Wildman–Crippen MR) is 162 cm³/mol. The molecule has 1 saturated heterocycles. The second kappa shape index (κ2) is 9.93. The number of para-hydroxylation sites is 1. The Kier molecular flexibility index (Phi) is 6.57. The predicted octanol–water partition coefficient (Wildman–Crippen LogP) is 7.58. The largest absolute Gasteiger partial charge is 0.307 e. The minimum absolute atomic E-state index is 0.0212. The molecule has 0 bridgehead atoms. The molecule has 0 saturated carbocycles. The quantitative estimate of drug-likeness (QED) is 0.241. The van der Waals surface area contributed by atoms with Gasteiger partial charge in [0.05, 0.1) is 33.8 Å². The Bertz CT molecular complexity index is 1650. The molecule has 0 atom stereocenters. The first-order valence-corrected chi connectivity index (χ1v) is 14.1. The number of piperidine rings is 1. The van der Waals surface area contributed by atoms with E-state index < -0.39 is 0 Å². The van der Waals surface area contributed by atoms with Gasteiger partial charge in [0.15, 0.2) is 0 Å². The SMILES string of the molecule is CC1(C)CC(N=c2cc3n(-c4ccccc4)c4ccc(Cl)cc4nc-3cc2Cc2ccccc2)CC(C)(C)N1. The number of hydrogen-bond acceptors (Lipinski definition) is 3. The number of nitrogens with one attached hydrogen (secondary N) is 1. The Hall–Kier alpha value is -3.47. The van der Waals surface area contributed by atoms with Crippen molar-refractivity contribution in [1.29, 1.82) is 0 Å². The molecule has 0 radical (unpaired) electrons. The molecule has 5 heteroatoms. The molecular formula is C34H35ClN4. The third-order valence-corrected chi connectivity index (χ3v) is 7.81. The van der Waals surface area contributed by atoms with E-state index in [4.69, 9.17) is 21.6 Å². The molecule has 0 spiro atoms. The highest BCUT2D eigenvalue weighted by Crippen LogP contribution is 2.32. The van der Waals surface area contributed by atoms with Crippen molar-refractivity contribution in [3.05, 3.63) is 113 Å². The van der Waals surface area contributed by atoms with E-state index in [1.807, 2.05) is 18.2 Å². The number of hydrogen-bond donors (Lipinski definition) is 1. The minimum Gasteiger partial charge on any atom is -0.307 e. The van der Waals surface area contributed by atoms with Crippen molar-refractivity contribution in [2.75, 3.05) is 0 Å². The number of fused-ring (bicyclic) bond motifs is 2. The molecule has 2 heterocycles. The highest BCUT2D eigenvalue weighted by molar-refractivity contribution is 6.31. The summed E-state index contributed by atoms with van der Waals surface area (Å²) in [6.45, 7) is 9.14. The van der Waals surface area contributed by atoms with Crippen molar-refractivity contribution in [2.24, 2.45) is 4.99 Å². The normalized spacial score (nSPS) is 17.6. The van der Waals surface area contributed by atoms with Crippen LogP contribution in [0.3, 0.4) is 0 Å². The number of aromatic nitrogens is 2. The van der Waals surface area contributed by atoms with E-state index in [1.54, 1.807) is 0 Å². The van der Waals surface area contributed by atoms with Crippen LogP contribution < -0.4 is 10.7 Å². The second-order valence-corrected chi connectivity index (χ2v) is 12.6. The second-order valence-electron chi connectivity index (χ2n) is 12.1. The van der Waals surface area contributed by atoms with Crippen LogP contribution in [0.4, 0.5) is 0 Å². The molecule has 1 N–H and O–H groups in total. The van der Waals surface area contributed by atoms with Gasteiger partial charge in [-0.05, 0) is 101 Å². The van der Waals surface area contributed by atoms with Gasteiger partial charge in [0.2, 0.25) is 0 Å². The van der Waals surface area contributed by atoms with Crippen LogP contribution in [0, 0.1) is 0 Å². The van der Waals surface area contributed by atoms with Crippen LogP contribution in [0.15, 0.2) is 96.0 Å². The zero-order valence-electron chi connectivity index (χ0n) is 23.1. The number of halogens is 1. The molecule has 39 heavy (non-hydrogen) atoms. The molecule has 198 valence electrons. The molecular weight excluding hydrogens is 500 g/mol. The van der Waals surface area contributed by atoms with E-state index in [0.29, 0.717) is 5.02 Å². The molecule has 1 aliphatic carbocycles. The van der Waals surface area contributed by atoms with Gasteiger partial charge in [-0.3, -0.25) is 4.99 Å². The molecule has 4 nitrogen and oxygen atoms in total. The molecule has 0 aromatic heterocycles. The van der Waals surface area contributed by atoms with Crippen LogP contribution in [0.5, 0.6) is 0 Å². The third kappa shape index (κ3) is 5.50. The first-order valence-electron chi connectivity index (χ1n) is 13.7. The van der Waals surface area contributed by atoms with Crippen molar-refractivity contribution in [3.8, 4) is 17.1 Å². The lowest BCUT2D eigenvalue weighted by molar-refractivity contribution is 0.163. The smallest absolute Gasteiger partial charge is 0.0893 e. The molecule has 1 fully saturated rings. The fraction of sp³-hybridized carbons (Fsp3) is 0.294. The van der Waals surface area contributed by atoms with Gasteiger partial charge in [-0.2, -0.15) is 0 Å². The van der Waals surface area contributed by atoms with Crippen LogP contribution in [0.25, 0.3) is 28.1 Å². The zero-order chi connectivity index (χ0) is 27.2. The topological polar surface area (TPSA) is 42.2 Å². The Morgan fingerprint density at radius 2 is 1.54 bits per heavy atom. The van der Waals surface area contributed by atoms with Crippen LogP contribution in [-0.2, 0) is 6.42 Å². The minimum atomic E-state index is 0.0212. The van der Waals surface area contributed by atoms with E-state index in [2.05, 4.69) is 110 Å². The van der Waals surface area contributed by atoms with E-state index >= 15 is 0 Å². The van der Waals surface area contributed by atoms with Crippen molar-refractivity contribution < 1.29 is 0 Å². The fourth-order valence-corrected chi connectivity index (χ4v) is 6.57. The van der Waals surface area contributed by atoms with Gasteiger partial charge in [-0.25, -0.2) is 4.98 Å². The molecule has 2 aliphatic heterocycles. The summed E-state index contributed by atoms with van der Waals surface area (Å²) in [5.41, 5.74) is 7.45. The molecule has 0 unspecified atom stereocenters. The average molecular weight is 535 g/mol. The van der Waals surface area contributed by atoms with Crippen LogP contribution in [0.2, 0.25) is 5.02 Å². The van der Waals surface area contributed by atoms with Gasteiger partial charge in [-0.1, -0.05) is 60.1 Å². The number of benzene rings is 4. The lowest BCUT2D eigenvalue weighted by Crippen LogP contribution is -2.59. The van der Waals surface area contributed by atoms with E-state index in [1.165, 1.54) is 11.1 Å². The van der Waals surface area contributed by atoms with Gasteiger partial charge in [0, 0.05) is 21.8 Å². The van der Waals surface area contributed by atoms with E-state index in [9.17, 15) is 0 Å². The fourth-order valence-electron chi connectivity index (χ4n) is 6.40. The number of nitrogens with zero attached hydrogens (tertiary/aromatic N) is 3.